The van der Waals surface area contributed by atoms with Gasteiger partial charge in [-0.1, -0.05) is 12.1 Å². The van der Waals surface area contributed by atoms with Gasteiger partial charge in [-0.25, -0.2) is 4.98 Å². The number of ether oxygens (including phenoxy) is 2. The van der Waals surface area contributed by atoms with Crippen molar-refractivity contribution in [2.24, 2.45) is 0 Å². The monoisotopic (exact) mass is 335 g/mol. The minimum atomic E-state index is -1.14. The molecule has 2 aliphatic rings. The number of hydrogen-bond donors (Lipinski definition) is 3. The average Bonchev–Trinajstić information content (AvgIpc) is 3.14. The average molecular weight is 335 g/mol. The second-order valence-electron chi connectivity index (χ2n) is 6.10. The van der Waals surface area contributed by atoms with Gasteiger partial charge in [0.25, 0.3) is 0 Å². The maximum Gasteiger partial charge on any atom is 0.208 e. The van der Waals surface area contributed by atoms with Gasteiger partial charge in [0, 0.05) is 13.1 Å². The number of imidazole rings is 1. The third kappa shape index (κ3) is 2.47. The zero-order chi connectivity index (χ0) is 16.7. The van der Waals surface area contributed by atoms with Gasteiger partial charge >= 0.3 is 0 Å². The van der Waals surface area contributed by atoms with E-state index in [2.05, 4.69) is 9.88 Å². The van der Waals surface area contributed by atoms with Crippen LogP contribution in [-0.2, 0) is 9.47 Å². The first kappa shape index (κ1) is 15.8. The van der Waals surface area contributed by atoms with E-state index in [1.807, 2.05) is 28.8 Å². The van der Waals surface area contributed by atoms with Gasteiger partial charge < -0.3 is 29.7 Å². The SMILES string of the molecule is OC[C@@H]1O[C@@H](n2c(N3CCOCC3)nc3ccccc32)[C@H](O)[C@@H]1O. The van der Waals surface area contributed by atoms with E-state index in [4.69, 9.17) is 9.47 Å². The number of aliphatic hydroxyl groups is 3. The Morgan fingerprint density at radius 2 is 1.88 bits per heavy atom. The second kappa shape index (κ2) is 6.30. The van der Waals surface area contributed by atoms with Gasteiger partial charge in [-0.3, -0.25) is 4.57 Å². The Bertz CT molecular complexity index is 715. The second-order valence-corrected chi connectivity index (χ2v) is 6.10. The van der Waals surface area contributed by atoms with Crippen LogP contribution in [0.3, 0.4) is 0 Å². The van der Waals surface area contributed by atoms with Gasteiger partial charge in [-0.05, 0) is 12.1 Å². The standard InChI is InChI=1S/C16H21N3O5/c20-9-12-13(21)14(22)15(24-12)19-11-4-2-1-3-10(11)17-16(19)18-5-7-23-8-6-18/h1-4,12-15,20-22H,5-9H2/t12-,13+,14+,15+/m0/s1. The first-order valence-corrected chi connectivity index (χ1v) is 8.13. The molecule has 3 N–H and O–H groups in total. The van der Waals surface area contributed by atoms with E-state index in [-0.39, 0.29) is 6.61 Å². The Balaban J connectivity index is 1.80. The molecule has 2 fully saturated rings. The largest absolute Gasteiger partial charge is 0.394 e. The summed E-state index contributed by atoms with van der Waals surface area (Å²) in [5.41, 5.74) is 1.60. The van der Waals surface area contributed by atoms with Gasteiger partial charge in [0.1, 0.15) is 18.3 Å². The zero-order valence-electron chi connectivity index (χ0n) is 13.2. The molecule has 8 heteroatoms. The normalized spacial score (nSPS) is 31.0. The predicted octanol–water partition coefficient (Wildman–Crippen LogP) is -0.516. The molecule has 1 aromatic heterocycles. The summed E-state index contributed by atoms with van der Waals surface area (Å²) in [6.45, 7) is 2.25. The summed E-state index contributed by atoms with van der Waals surface area (Å²) in [6, 6.07) is 7.60. The van der Waals surface area contributed by atoms with Crippen molar-refractivity contribution in [3.63, 3.8) is 0 Å². The van der Waals surface area contributed by atoms with E-state index < -0.39 is 24.5 Å². The van der Waals surface area contributed by atoms with Crippen LogP contribution in [0.2, 0.25) is 0 Å². The Kier molecular flexibility index (Phi) is 4.15. The molecule has 1 aromatic carbocycles. The lowest BCUT2D eigenvalue weighted by Gasteiger charge is -2.30. The van der Waals surface area contributed by atoms with Gasteiger partial charge in [-0.15, -0.1) is 0 Å². The summed E-state index contributed by atoms with van der Waals surface area (Å²) >= 11 is 0. The lowest BCUT2D eigenvalue weighted by molar-refractivity contribution is -0.0504. The fraction of sp³-hybridized carbons (Fsp3) is 0.562. The number of para-hydroxylation sites is 2. The van der Waals surface area contributed by atoms with Crippen LogP contribution in [0.4, 0.5) is 5.95 Å². The summed E-state index contributed by atoms with van der Waals surface area (Å²) in [6.07, 6.45) is -3.90. The number of fused-ring (bicyclic) bond motifs is 1. The van der Waals surface area contributed by atoms with E-state index in [0.717, 1.165) is 11.0 Å². The summed E-state index contributed by atoms with van der Waals surface area (Å²) in [7, 11) is 0. The maximum absolute atomic E-state index is 10.4. The quantitative estimate of drug-likeness (QED) is 0.694. The molecule has 3 heterocycles. The van der Waals surface area contributed by atoms with Crippen LogP contribution in [0.1, 0.15) is 6.23 Å². The Hall–Kier alpha value is -1.71. The fourth-order valence-electron chi connectivity index (χ4n) is 3.36. The van der Waals surface area contributed by atoms with Crippen molar-refractivity contribution in [1.82, 2.24) is 9.55 Å². The maximum atomic E-state index is 10.4. The predicted molar refractivity (Wildman–Crippen MR) is 85.8 cm³/mol. The van der Waals surface area contributed by atoms with E-state index >= 15 is 0 Å². The van der Waals surface area contributed by atoms with Crippen LogP contribution in [-0.4, -0.2) is 76.1 Å². The number of nitrogens with zero attached hydrogens (tertiary/aromatic N) is 3. The lowest BCUT2D eigenvalue weighted by Crippen LogP contribution is -2.39. The Morgan fingerprint density at radius 1 is 1.12 bits per heavy atom. The number of rotatable bonds is 3. The molecule has 4 rings (SSSR count). The molecule has 2 aliphatic heterocycles. The van der Waals surface area contributed by atoms with Crippen molar-refractivity contribution < 1.29 is 24.8 Å². The van der Waals surface area contributed by atoms with Crippen molar-refractivity contribution in [2.45, 2.75) is 24.5 Å². The molecule has 8 nitrogen and oxygen atoms in total. The van der Waals surface area contributed by atoms with Gasteiger partial charge in [0.2, 0.25) is 5.95 Å². The number of morpholine rings is 1. The first-order chi connectivity index (χ1) is 11.7. The molecular formula is C16H21N3O5. The van der Waals surface area contributed by atoms with Gasteiger partial charge in [0.15, 0.2) is 6.23 Å². The Labute approximate surface area is 138 Å². The van der Waals surface area contributed by atoms with Crippen molar-refractivity contribution in [3.05, 3.63) is 24.3 Å². The van der Waals surface area contributed by atoms with Crippen LogP contribution in [0.5, 0.6) is 0 Å². The third-order valence-electron chi connectivity index (χ3n) is 4.64. The summed E-state index contributed by atoms with van der Waals surface area (Å²) in [4.78, 5) is 6.77. The number of anilines is 1. The van der Waals surface area contributed by atoms with E-state index in [1.165, 1.54) is 0 Å². The van der Waals surface area contributed by atoms with E-state index in [9.17, 15) is 15.3 Å². The highest BCUT2D eigenvalue weighted by atomic mass is 16.6. The van der Waals surface area contributed by atoms with Gasteiger partial charge in [0.05, 0.1) is 30.9 Å². The molecule has 0 amide bonds. The highest BCUT2D eigenvalue weighted by molar-refractivity contribution is 5.79. The minimum absolute atomic E-state index is 0.353. The van der Waals surface area contributed by atoms with Gasteiger partial charge in [-0.2, -0.15) is 0 Å². The Morgan fingerprint density at radius 3 is 2.58 bits per heavy atom. The number of benzene rings is 1. The van der Waals surface area contributed by atoms with Crippen LogP contribution in [0, 0.1) is 0 Å². The lowest BCUT2D eigenvalue weighted by atomic mass is 10.1. The van der Waals surface area contributed by atoms with Crippen LogP contribution in [0.15, 0.2) is 24.3 Å². The first-order valence-electron chi connectivity index (χ1n) is 8.13. The van der Waals surface area contributed by atoms with Crippen molar-refractivity contribution in [2.75, 3.05) is 37.8 Å². The zero-order valence-corrected chi connectivity index (χ0v) is 13.2. The molecule has 2 aromatic rings. The fourth-order valence-corrected chi connectivity index (χ4v) is 3.36. The highest BCUT2D eigenvalue weighted by Crippen LogP contribution is 2.36. The summed E-state index contributed by atoms with van der Waals surface area (Å²) in [5, 5.41) is 29.9. The summed E-state index contributed by atoms with van der Waals surface area (Å²) in [5.74, 6) is 0.675. The molecule has 0 aliphatic carbocycles. The van der Waals surface area contributed by atoms with Crippen molar-refractivity contribution in [1.29, 1.82) is 0 Å². The van der Waals surface area contributed by atoms with E-state index in [0.29, 0.717) is 32.3 Å². The highest BCUT2D eigenvalue weighted by Gasteiger charge is 2.45. The topological polar surface area (TPSA) is 100 Å². The number of aromatic nitrogens is 2. The van der Waals surface area contributed by atoms with Crippen molar-refractivity contribution >= 4 is 17.0 Å². The molecule has 0 saturated carbocycles. The smallest absolute Gasteiger partial charge is 0.208 e. The van der Waals surface area contributed by atoms with Crippen molar-refractivity contribution in [3.8, 4) is 0 Å². The van der Waals surface area contributed by atoms with Crippen LogP contribution >= 0.6 is 0 Å². The van der Waals surface area contributed by atoms with Crippen LogP contribution < -0.4 is 4.90 Å². The molecule has 0 unspecified atom stereocenters. The molecule has 0 bridgehead atoms. The number of aliphatic hydroxyl groups excluding tert-OH is 3. The third-order valence-corrected chi connectivity index (χ3v) is 4.64. The molecule has 130 valence electrons. The minimum Gasteiger partial charge on any atom is -0.394 e. The van der Waals surface area contributed by atoms with E-state index in [1.54, 1.807) is 0 Å². The molecule has 24 heavy (non-hydrogen) atoms. The van der Waals surface area contributed by atoms with Crippen LogP contribution in [0.25, 0.3) is 11.0 Å². The molecular weight excluding hydrogens is 314 g/mol. The molecule has 0 radical (unpaired) electrons. The molecule has 2 saturated heterocycles. The molecule has 0 spiro atoms. The molecule has 4 atom stereocenters. The summed E-state index contributed by atoms with van der Waals surface area (Å²) < 4.78 is 12.9. The number of hydrogen-bond acceptors (Lipinski definition) is 7.